The molecule has 0 spiro atoms. The first-order chi connectivity index (χ1) is 10.3. The Morgan fingerprint density at radius 3 is 2.29 bits per heavy atom. The van der Waals surface area contributed by atoms with Gasteiger partial charge in [-0.1, -0.05) is 66.2 Å². The van der Waals surface area contributed by atoms with E-state index in [0.717, 1.165) is 22.1 Å². The van der Waals surface area contributed by atoms with E-state index < -0.39 is 6.10 Å². The van der Waals surface area contributed by atoms with Gasteiger partial charge >= 0.3 is 0 Å². The monoisotopic (exact) mass is 298 g/mol. The van der Waals surface area contributed by atoms with Crippen molar-refractivity contribution in [1.82, 2.24) is 0 Å². The summed E-state index contributed by atoms with van der Waals surface area (Å²) in [4.78, 5) is 0. The number of benzene rings is 3. The normalized spacial score (nSPS) is 12.3. The van der Waals surface area contributed by atoms with Gasteiger partial charge in [-0.05, 0) is 17.7 Å². The van der Waals surface area contributed by atoms with E-state index in [2.05, 4.69) is 0 Å². The first-order valence-electron chi connectivity index (χ1n) is 6.79. The zero-order valence-corrected chi connectivity index (χ0v) is 12.1. The highest BCUT2D eigenvalue weighted by Crippen LogP contribution is 2.31. The highest BCUT2D eigenvalue weighted by molar-refractivity contribution is 6.35. The average molecular weight is 299 g/mol. The maximum Gasteiger partial charge on any atom is 0.127 e. The van der Waals surface area contributed by atoms with Gasteiger partial charge in [-0.2, -0.15) is 0 Å². The molecule has 0 aromatic heterocycles. The van der Waals surface area contributed by atoms with E-state index in [0.29, 0.717) is 5.02 Å². The maximum absolute atomic E-state index is 10.2. The highest BCUT2D eigenvalue weighted by Gasteiger charge is 2.10. The van der Waals surface area contributed by atoms with Crippen LogP contribution in [0.4, 0.5) is 0 Å². The van der Waals surface area contributed by atoms with Crippen molar-refractivity contribution in [2.75, 3.05) is 6.61 Å². The highest BCUT2D eigenvalue weighted by atomic mass is 35.5. The molecule has 3 heteroatoms. The SMILES string of the molecule is OC(COc1ccc(Cl)c2ccccc12)c1ccccc1. The minimum atomic E-state index is -0.652. The summed E-state index contributed by atoms with van der Waals surface area (Å²) in [7, 11) is 0. The second kappa shape index (κ2) is 6.17. The fraction of sp³-hybridized carbons (Fsp3) is 0.111. The predicted octanol–water partition coefficient (Wildman–Crippen LogP) is 4.61. The minimum Gasteiger partial charge on any atom is -0.490 e. The Morgan fingerprint density at radius 2 is 1.52 bits per heavy atom. The van der Waals surface area contributed by atoms with Crippen LogP contribution < -0.4 is 4.74 Å². The van der Waals surface area contributed by atoms with Crippen molar-refractivity contribution in [3.63, 3.8) is 0 Å². The number of fused-ring (bicyclic) bond motifs is 1. The Hall–Kier alpha value is -2.03. The van der Waals surface area contributed by atoms with Crippen molar-refractivity contribution in [3.05, 3.63) is 77.3 Å². The fourth-order valence-corrected chi connectivity index (χ4v) is 2.53. The van der Waals surface area contributed by atoms with Crippen molar-refractivity contribution in [3.8, 4) is 5.75 Å². The third-order valence-corrected chi connectivity index (χ3v) is 3.74. The van der Waals surface area contributed by atoms with E-state index in [-0.39, 0.29) is 6.61 Å². The van der Waals surface area contributed by atoms with Crippen LogP contribution in [0.3, 0.4) is 0 Å². The van der Waals surface area contributed by atoms with Crippen LogP contribution in [0.15, 0.2) is 66.7 Å². The number of aliphatic hydroxyl groups is 1. The Balaban J connectivity index is 1.81. The second-order valence-electron chi connectivity index (χ2n) is 4.83. The molecule has 3 rings (SSSR count). The Morgan fingerprint density at radius 1 is 0.857 bits per heavy atom. The number of rotatable bonds is 4. The minimum absolute atomic E-state index is 0.204. The molecule has 1 N–H and O–H groups in total. The van der Waals surface area contributed by atoms with E-state index >= 15 is 0 Å². The summed E-state index contributed by atoms with van der Waals surface area (Å²) < 4.78 is 5.78. The standard InChI is InChI=1S/C18H15ClO2/c19-16-10-11-18(15-9-5-4-8-14(15)16)21-12-17(20)13-6-2-1-3-7-13/h1-11,17,20H,12H2. The van der Waals surface area contributed by atoms with Gasteiger partial charge in [0.25, 0.3) is 0 Å². The molecule has 3 aromatic carbocycles. The predicted molar refractivity (Wildman–Crippen MR) is 85.9 cm³/mol. The smallest absolute Gasteiger partial charge is 0.127 e. The molecule has 0 aliphatic rings. The van der Waals surface area contributed by atoms with Crippen molar-refractivity contribution in [1.29, 1.82) is 0 Å². The van der Waals surface area contributed by atoms with Gasteiger partial charge in [-0.25, -0.2) is 0 Å². The molecule has 0 fully saturated rings. The van der Waals surface area contributed by atoms with Crippen LogP contribution in [0.25, 0.3) is 10.8 Å². The second-order valence-corrected chi connectivity index (χ2v) is 5.24. The lowest BCUT2D eigenvalue weighted by atomic mass is 10.1. The summed E-state index contributed by atoms with van der Waals surface area (Å²) in [6.45, 7) is 0.204. The van der Waals surface area contributed by atoms with Crippen LogP contribution >= 0.6 is 11.6 Å². The first-order valence-corrected chi connectivity index (χ1v) is 7.16. The van der Waals surface area contributed by atoms with E-state index in [1.54, 1.807) is 0 Å². The Labute approximate surface area is 128 Å². The molecule has 3 aromatic rings. The van der Waals surface area contributed by atoms with Gasteiger partial charge in [0.05, 0.1) is 0 Å². The summed E-state index contributed by atoms with van der Waals surface area (Å²) in [5, 5.41) is 12.8. The van der Waals surface area contributed by atoms with E-state index in [9.17, 15) is 5.11 Å². The topological polar surface area (TPSA) is 29.5 Å². The van der Waals surface area contributed by atoms with Crippen molar-refractivity contribution in [2.45, 2.75) is 6.10 Å². The molecular formula is C18H15ClO2. The summed E-state index contributed by atoms with van der Waals surface area (Å²) in [5.41, 5.74) is 0.843. The lowest BCUT2D eigenvalue weighted by Crippen LogP contribution is -2.09. The molecule has 0 radical (unpaired) electrons. The molecule has 1 unspecified atom stereocenters. The first kappa shape index (κ1) is 13.9. The molecule has 0 aliphatic carbocycles. The molecule has 0 saturated heterocycles. The molecule has 106 valence electrons. The molecule has 21 heavy (non-hydrogen) atoms. The largest absolute Gasteiger partial charge is 0.490 e. The summed E-state index contributed by atoms with van der Waals surface area (Å²) in [6.07, 6.45) is -0.652. The number of halogens is 1. The number of hydrogen-bond acceptors (Lipinski definition) is 2. The van der Waals surface area contributed by atoms with Crippen LogP contribution in [0.2, 0.25) is 5.02 Å². The Kier molecular flexibility index (Phi) is 4.09. The summed E-state index contributed by atoms with van der Waals surface area (Å²) >= 11 is 6.18. The number of aliphatic hydroxyl groups excluding tert-OH is 1. The van der Waals surface area contributed by atoms with Gasteiger partial charge in [0.2, 0.25) is 0 Å². The van der Waals surface area contributed by atoms with Crippen LogP contribution in [-0.2, 0) is 0 Å². The van der Waals surface area contributed by atoms with E-state index in [1.165, 1.54) is 0 Å². The molecule has 1 atom stereocenters. The van der Waals surface area contributed by atoms with Crippen molar-refractivity contribution in [2.24, 2.45) is 0 Å². The molecule has 0 amide bonds. The van der Waals surface area contributed by atoms with Crippen molar-refractivity contribution >= 4 is 22.4 Å². The fourth-order valence-electron chi connectivity index (χ4n) is 2.30. The van der Waals surface area contributed by atoms with Gasteiger partial charge < -0.3 is 9.84 Å². The van der Waals surface area contributed by atoms with Gasteiger partial charge in [0.15, 0.2) is 0 Å². The van der Waals surface area contributed by atoms with Crippen LogP contribution in [0.1, 0.15) is 11.7 Å². The van der Waals surface area contributed by atoms with Gasteiger partial charge in [-0.3, -0.25) is 0 Å². The van der Waals surface area contributed by atoms with E-state index in [1.807, 2.05) is 66.7 Å². The third-order valence-electron chi connectivity index (χ3n) is 3.41. The molecular weight excluding hydrogens is 284 g/mol. The maximum atomic E-state index is 10.2. The number of ether oxygens (including phenoxy) is 1. The van der Waals surface area contributed by atoms with Gasteiger partial charge in [0.1, 0.15) is 18.5 Å². The molecule has 0 heterocycles. The van der Waals surface area contributed by atoms with Gasteiger partial charge in [-0.15, -0.1) is 0 Å². The average Bonchev–Trinajstić information content (AvgIpc) is 2.55. The zero-order chi connectivity index (χ0) is 14.7. The van der Waals surface area contributed by atoms with E-state index in [4.69, 9.17) is 16.3 Å². The van der Waals surface area contributed by atoms with Crippen LogP contribution in [0, 0.1) is 0 Å². The lowest BCUT2D eigenvalue weighted by molar-refractivity contribution is 0.109. The lowest BCUT2D eigenvalue weighted by Gasteiger charge is -2.14. The van der Waals surface area contributed by atoms with Crippen molar-refractivity contribution < 1.29 is 9.84 Å². The molecule has 0 aliphatic heterocycles. The van der Waals surface area contributed by atoms with Crippen LogP contribution in [-0.4, -0.2) is 11.7 Å². The Bertz CT molecular complexity index is 741. The summed E-state index contributed by atoms with van der Waals surface area (Å²) in [5.74, 6) is 0.727. The van der Waals surface area contributed by atoms with Gasteiger partial charge in [0, 0.05) is 15.8 Å². The number of hydrogen-bond donors (Lipinski definition) is 1. The molecule has 2 nitrogen and oxygen atoms in total. The zero-order valence-electron chi connectivity index (χ0n) is 11.4. The summed E-state index contributed by atoms with van der Waals surface area (Å²) in [6, 6.07) is 20.9. The third kappa shape index (κ3) is 3.02. The van der Waals surface area contributed by atoms with Crippen LogP contribution in [0.5, 0.6) is 5.75 Å². The molecule has 0 bridgehead atoms. The molecule has 0 saturated carbocycles. The quantitative estimate of drug-likeness (QED) is 0.762.